The van der Waals surface area contributed by atoms with Crippen LogP contribution in [0.2, 0.25) is 0 Å². The van der Waals surface area contributed by atoms with Crippen molar-refractivity contribution in [1.82, 2.24) is 10.3 Å². The maximum atomic E-state index is 11.9. The Kier molecular flexibility index (Phi) is 6.93. The molecule has 1 N–H and O–H groups in total. The molecule has 3 rings (SSSR count). The molecule has 0 aliphatic heterocycles. The molecule has 0 unspecified atom stereocenters. The molecule has 2 aromatic rings. The highest BCUT2D eigenvalue weighted by molar-refractivity contribution is 7.99. The normalized spacial score (nSPS) is 13.5. The van der Waals surface area contributed by atoms with Gasteiger partial charge in [-0.05, 0) is 44.6 Å². The van der Waals surface area contributed by atoms with E-state index in [1.807, 2.05) is 11.3 Å². The van der Waals surface area contributed by atoms with Crippen LogP contribution in [0.25, 0.3) is 0 Å². The number of carbonyl (C=O) groups is 1. The second-order valence-corrected chi connectivity index (χ2v) is 8.77. The Hall–Kier alpha value is -1.33. The second-order valence-electron chi connectivity index (χ2n) is 6.62. The summed E-state index contributed by atoms with van der Waals surface area (Å²) in [5.74, 6) is 1.55. The Morgan fingerprint density at radius 2 is 2.20 bits per heavy atom. The van der Waals surface area contributed by atoms with Crippen LogP contribution in [0.4, 0.5) is 0 Å². The van der Waals surface area contributed by atoms with Crippen molar-refractivity contribution < 1.29 is 4.79 Å². The number of thiazole rings is 1. The third-order valence-corrected chi connectivity index (χ3v) is 6.58. The van der Waals surface area contributed by atoms with Gasteiger partial charge >= 0.3 is 0 Å². The molecule has 0 radical (unpaired) electrons. The van der Waals surface area contributed by atoms with Gasteiger partial charge in [0.25, 0.3) is 0 Å². The number of thioether (sulfide) groups is 1. The van der Waals surface area contributed by atoms with Gasteiger partial charge in [0.2, 0.25) is 5.91 Å². The highest BCUT2D eigenvalue weighted by Crippen LogP contribution is 2.27. The molecule has 0 atom stereocenters. The molecule has 1 aliphatic carbocycles. The number of nitrogens with one attached hydrogen (secondary N) is 1. The molecule has 1 heterocycles. The Balaban J connectivity index is 1.29. The summed E-state index contributed by atoms with van der Waals surface area (Å²) >= 11 is 3.55. The zero-order chi connectivity index (χ0) is 17.5. The van der Waals surface area contributed by atoms with Crippen LogP contribution in [0.1, 0.15) is 46.0 Å². The lowest BCUT2D eigenvalue weighted by Gasteiger charge is -2.06. The van der Waals surface area contributed by atoms with E-state index in [2.05, 4.69) is 36.5 Å². The fourth-order valence-electron chi connectivity index (χ4n) is 3.09. The number of rotatable bonds is 8. The first-order chi connectivity index (χ1) is 12.2. The van der Waals surface area contributed by atoms with Crippen molar-refractivity contribution in [3.05, 3.63) is 51.0 Å². The highest BCUT2D eigenvalue weighted by atomic mass is 32.2. The Labute approximate surface area is 158 Å². The minimum Gasteiger partial charge on any atom is -0.355 e. The number of nitrogens with zero attached hydrogens (tertiary/aromatic N) is 1. The van der Waals surface area contributed by atoms with E-state index < -0.39 is 0 Å². The molecule has 0 fully saturated rings. The second kappa shape index (κ2) is 9.39. The van der Waals surface area contributed by atoms with E-state index in [4.69, 9.17) is 4.98 Å². The molecule has 25 heavy (non-hydrogen) atoms. The number of fused-ring (bicyclic) bond motifs is 1. The number of aryl methyl sites for hydroxylation is 4. The van der Waals surface area contributed by atoms with E-state index in [-0.39, 0.29) is 5.91 Å². The standard InChI is InChI=1S/C20H26N2OS2/c1-15-6-4-7-16(12-15)13-24-14-19(23)21-11-5-10-20-22-17-8-2-3-9-18(17)25-20/h4,6-7,12H,2-3,5,8-11,13-14H2,1H3,(H,21,23). The van der Waals surface area contributed by atoms with Crippen LogP contribution in [0.3, 0.4) is 0 Å². The van der Waals surface area contributed by atoms with E-state index >= 15 is 0 Å². The van der Waals surface area contributed by atoms with Crippen molar-refractivity contribution in [2.24, 2.45) is 0 Å². The predicted octanol–water partition coefficient (Wildman–Crippen LogP) is 4.31. The number of amides is 1. The number of hydrogen-bond donors (Lipinski definition) is 1. The van der Waals surface area contributed by atoms with Gasteiger partial charge in [0.15, 0.2) is 0 Å². The average Bonchev–Trinajstić information content (AvgIpc) is 3.02. The molecule has 1 aromatic heterocycles. The minimum atomic E-state index is 0.135. The van der Waals surface area contributed by atoms with Crippen molar-refractivity contribution in [2.45, 2.75) is 51.2 Å². The molecule has 3 nitrogen and oxygen atoms in total. The van der Waals surface area contributed by atoms with Crippen molar-refractivity contribution in [1.29, 1.82) is 0 Å². The Morgan fingerprint density at radius 3 is 3.04 bits per heavy atom. The summed E-state index contributed by atoms with van der Waals surface area (Å²) in [6.07, 6.45) is 6.91. The molecular formula is C20H26N2OS2. The lowest BCUT2D eigenvalue weighted by atomic mass is 10.0. The number of aromatic nitrogens is 1. The van der Waals surface area contributed by atoms with Crippen LogP contribution in [-0.2, 0) is 29.8 Å². The van der Waals surface area contributed by atoms with E-state index in [0.29, 0.717) is 5.75 Å². The first kappa shape index (κ1) is 18.5. The number of carbonyl (C=O) groups excluding carboxylic acids is 1. The molecule has 0 saturated heterocycles. The van der Waals surface area contributed by atoms with Gasteiger partial charge in [-0.25, -0.2) is 4.98 Å². The van der Waals surface area contributed by atoms with Gasteiger partial charge in [0, 0.05) is 23.6 Å². The zero-order valence-corrected chi connectivity index (χ0v) is 16.5. The van der Waals surface area contributed by atoms with Crippen LogP contribution >= 0.6 is 23.1 Å². The van der Waals surface area contributed by atoms with E-state index in [1.54, 1.807) is 11.8 Å². The summed E-state index contributed by atoms with van der Waals surface area (Å²) in [6, 6.07) is 8.46. The van der Waals surface area contributed by atoms with Gasteiger partial charge in [-0.2, -0.15) is 0 Å². The monoisotopic (exact) mass is 374 g/mol. The van der Waals surface area contributed by atoms with E-state index in [0.717, 1.165) is 31.6 Å². The molecule has 5 heteroatoms. The fourth-order valence-corrected chi connectivity index (χ4v) is 5.10. The minimum absolute atomic E-state index is 0.135. The summed E-state index contributed by atoms with van der Waals surface area (Å²) in [5, 5.41) is 4.27. The largest absolute Gasteiger partial charge is 0.355 e. The van der Waals surface area contributed by atoms with Crippen molar-refractivity contribution in [2.75, 3.05) is 12.3 Å². The number of hydrogen-bond acceptors (Lipinski definition) is 4. The highest BCUT2D eigenvalue weighted by Gasteiger charge is 2.14. The first-order valence-electron chi connectivity index (χ1n) is 9.08. The molecule has 1 amide bonds. The number of benzene rings is 1. The molecule has 1 aliphatic rings. The van der Waals surface area contributed by atoms with E-state index in [1.165, 1.54) is 46.0 Å². The summed E-state index contributed by atoms with van der Waals surface area (Å²) in [6.45, 7) is 2.84. The van der Waals surface area contributed by atoms with Crippen LogP contribution in [0, 0.1) is 6.92 Å². The van der Waals surface area contributed by atoms with E-state index in [9.17, 15) is 4.79 Å². The third-order valence-electron chi connectivity index (χ3n) is 4.36. The first-order valence-corrected chi connectivity index (χ1v) is 11.1. The van der Waals surface area contributed by atoms with Crippen molar-refractivity contribution in [3.8, 4) is 0 Å². The third kappa shape index (κ3) is 5.86. The molecule has 134 valence electrons. The van der Waals surface area contributed by atoms with Gasteiger partial charge in [0.05, 0.1) is 16.5 Å². The summed E-state index contributed by atoms with van der Waals surface area (Å²) in [7, 11) is 0. The van der Waals surface area contributed by atoms with Crippen molar-refractivity contribution in [3.63, 3.8) is 0 Å². The molecule has 0 bridgehead atoms. The lowest BCUT2D eigenvalue weighted by molar-refractivity contribution is -0.118. The maximum Gasteiger partial charge on any atom is 0.230 e. The van der Waals surface area contributed by atoms with Crippen LogP contribution in [0.15, 0.2) is 24.3 Å². The van der Waals surface area contributed by atoms with Gasteiger partial charge < -0.3 is 5.32 Å². The fraction of sp³-hybridized carbons (Fsp3) is 0.500. The SMILES string of the molecule is Cc1cccc(CSCC(=O)NCCCc2nc3c(s2)CCCC3)c1. The van der Waals surface area contributed by atoms with Crippen LogP contribution < -0.4 is 5.32 Å². The molecule has 1 aromatic carbocycles. The van der Waals surface area contributed by atoms with Crippen LogP contribution in [0.5, 0.6) is 0 Å². The predicted molar refractivity (Wildman–Crippen MR) is 107 cm³/mol. The summed E-state index contributed by atoms with van der Waals surface area (Å²) in [4.78, 5) is 18.2. The van der Waals surface area contributed by atoms with Crippen molar-refractivity contribution >= 4 is 29.0 Å². The van der Waals surface area contributed by atoms with Gasteiger partial charge in [-0.3, -0.25) is 4.79 Å². The molecule has 0 spiro atoms. The lowest BCUT2D eigenvalue weighted by Crippen LogP contribution is -2.26. The Morgan fingerprint density at radius 1 is 1.32 bits per heavy atom. The van der Waals surface area contributed by atoms with Gasteiger partial charge in [-0.15, -0.1) is 23.1 Å². The summed E-state index contributed by atoms with van der Waals surface area (Å²) in [5.41, 5.74) is 3.89. The van der Waals surface area contributed by atoms with Crippen LogP contribution in [-0.4, -0.2) is 23.2 Å². The quantitative estimate of drug-likeness (QED) is 0.700. The maximum absolute atomic E-state index is 11.9. The summed E-state index contributed by atoms with van der Waals surface area (Å²) < 4.78 is 0. The molecule has 0 saturated carbocycles. The Bertz CT molecular complexity index is 688. The van der Waals surface area contributed by atoms with Gasteiger partial charge in [-0.1, -0.05) is 29.8 Å². The zero-order valence-electron chi connectivity index (χ0n) is 14.8. The molecular weight excluding hydrogens is 348 g/mol. The average molecular weight is 375 g/mol. The van der Waals surface area contributed by atoms with Gasteiger partial charge in [0.1, 0.15) is 0 Å². The topological polar surface area (TPSA) is 42.0 Å². The smallest absolute Gasteiger partial charge is 0.230 e.